The molecule has 1 aliphatic rings. The average molecular weight is 236 g/mol. The Kier molecular flexibility index (Phi) is 3.93. The quantitative estimate of drug-likeness (QED) is 0.793. The van der Waals surface area contributed by atoms with Crippen LogP contribution < -0.4 is 10.1 Å². The van der Waals surface area contributed by atoms with Gasteiger partial charge in [-0.2, -0.15) is 0 Å². The molecule has 1 aromatic rings. The highest BCUT2D eigenvalue weighted by Crippen LogP contribution is 2.19. The molecule has 0 radical (unpaired) electrons. The minimum Gasteiger partial charge on any atom is -0.474 e. The van der Waals surface area contributed by atoms with Gasteiger partial charge in [-0.1, -0.05) is 0 Å². The summed E-state index contributed by atoms with van der Waals surface area (Å²) < 4.78 is 10.5. The summed E-state index contributed by atoms with van der Waals surface area (Å²) in [5, 5.41) is 3.26. The van der Waals surface area contributed by atoms with E-state index in [4.69, 9.17) is 9.47 Å². The zero-order valence-corrected chi connectivity index (χ0v) is 9.81. The molecule has 0 aromatic carbocycles. The van der Waals surface area contributed by atoms with E-state index in [1.165, 1.54) is 7.11 Å². The third-order valence-corrected chi connectivity index (χ3v) is 2.74. The smallest absolute Gasteiger partial charge is 0.343 e. The Bertz CT molecular complexity index is 389. The van der Waals surface area contributed by atoms with Crippen LogP contribution in [0, 0.1) is 0 Å². The van der Waals surface area contributed by atoms with Crippen LogP contribution in [0.4, 0.5) is 0 Å². The first kappa shape index (κ1) is 11.9. The monoisotopic (exact) mass is 236 g/mol. The molecule has 2 heterocycles. The van der Waals surface area contributed by atoms with E-state index in [9.17, 15) is 4.79 Å². The molecule has 0 atom stereocenters. The first-order chi connectivity index (χ1) is 8.31. The van der Waals surface area contributed by atoms with Gasteiger partial charge in [-0.3, -0.25) is 0 Å². The summed E-state index contributed by atoms with van der Waals surface area (Å²) in [5.74, 6) is -0.0479. The summed E-state index contributed by atoms with van der Waals surface area (Å²) in [7, 11) is 1.35. The Morgan fingerprint density at radius 2 is 2.24 bits per heavy atom. The van der Waals surface area contributed by atoms with E-state index >= 15 is 0 Å². The van der Waals surface area contributed by atoms with Gasteiger partial charge in [-0.25, -0.2) is 9.78 Å². The molecule has 17 heavy (non-hydrogen) atoms. The molecular weight excluding hydrogens is 220 g/mol. The SMILES string of the molecule is COC(=O)c1cccnc1OC1CCNCC1. The molecule has 92 valence electrons. The van der Waals surface area contributed by atoms with E-state index in [1.54, 1.807) is 18.3 Å². The fourth-order valence-electron chi connectivity index (χ4n) is 1.82. The molecule has 0 amide bonds. The summed E-state index contributed by atoms with van der Waals surface area (Å²) in [6.07, 6.45) is 3.59. The molecular formula is C12H16N2O3. The van der Waals surface area contributed by atoms with Gasteiger partial charge in [0.2, 0.25) is 5.88 Å². The number of hydrogen-bond donors (Lipinski definition) is 1. The fraction of sp³-hybridized carbons (Fsp3) is 0.500. The van der Waals surface area contributed by atoms with Crippen molar-refractivity contribution in [1.29, 1.82) is 0 Å². The number of carbonyl (C=O) groups is 1. The molecule has 1 fully saturated rings. The predicted molar refractivity (Wildman–Crippen MR) is 62.1 cm³/mol. The lowest BCUT2D eigenvalue weighted by Crippen LogP contribution is -2.34. The van der Waals surface area contributed by atoms with E-state index in [0.29, 0.717) is 11.4 Å². The van der Waals surface area contributed by atoms with Crippen LogP contribution in [0.2, 0.25) is 0 Å². The van der Waals surface area contributed by atoms with Crippen LogP contribution in [0.1, 0.15) is 23.2 Å². The normalized spacial score (nSPS) is 16.5. The van der Waals surface area contributed by atoms with Crippen LogP contribution in [-0.2, 0) is 4.74 Å². The molecule has 0 aliphatic carbocycles. The zero-order valence-electron chi connectivity index (χ0n) is 9.81. The fourth-order valence-corrected chi connectivity index (χ4v) is 1.82. The molecule has 5 heteroatoms. The van der Waals surface area contributed by atoms with Crippen molar-refractivity contribution < 1.29 is 14.3 Å². The lowest BCUT2D eigenvalue weighted by Gasteiger charge is -2.23. The van der Waals surface area contributed by atoms with E-state index in [0.717, 1.165) is 25.9 Å². The molecule has 1 aliphatic heterocycles. The molecule has 1 aromatic heterocycles. The number of methoxy groups -OCH3 is 1. The number of nitrogens with zero attached hydrogens (tertiary/aromatic N) is 1. The average Bonchev–Trinajstić information content (AvgIpc) is 2.40. The highest BCUT2D eigenvalue weighted by molar-refractivity contribution is 5.91. The molecule has 5 nitrogen and oxygen atoms in total. The lowest BCUT2D eigenvalue weighted by atomic mass is 10.1. The summed E-state index contributed by atoms with van der Waals surface area (Å²) in [4.78, 5) is 15.6. The Morgan fingerprint density at radius 1 is 1.47 bits per heavy atom. The molecule has 0 spiro atoms. The number of nitrogens with one attached hydrogen (secondary N) is 1. The molecule has 0 unspecified atom stereocenters. The molecule has 0 bridgehead atoms. The van der Waals surface area contributed by atoms with Gasteiger partial charge < -0.3 is 14.8 Å². The summed E-state index contributed by atoms with van der Waals surface area (Å²) >= 11 is 0. The maximum absolute atomic E-state index is 11.5. The van der Waals surface area contributed by atoms with Crippen molar-refractivity contribution in [2.75, 3.05) is 20.2 Å². The highest BCUT2D eigenvalue weighted by atomic mass is 16.5. The Labute approximate surface area is 100 Å². The van der Waals surface area contributed by atoms with Gasteiger partial charge in [0.1, 0.15) is 11.7 Å². The van der Waals surface area contributed by atoms with Crippen LogP contribution in [0.25, 0.3) is 0 Å². The number of ether oxygens (including phenoxy) is 2. The second kappa shape index (κ2) is 5.63. The van der Waals surface area contributed by atoms with Gasteiger partial charge in [-0.15, -0.1) is 0 Å². The Morgan fingerprint density at radius 3 is 2.94 bits per heavy atom. The van der Waals surface area contributed by atoms with Gasteiger partial charge in [0.25, 0.3) is 0 Å². The Hall–Kier alpha value is -1.62. The number of aromatic nitrogens is 1. The molecule has 0 saturated carbocycles. The minimum absolute atomic E-state index is 0.120. The van der Waals surface area contributed by atoms with E-state index in [2.05, 4.69) is 10.3 Å². The maximum Gasteiger partial charge on any atom is 0.343 e. The standard InChI is InChI=1S/C12H16N2O3/c1-16-12(15)10-3-2-6-14-11(10)17-9-4-7-13-8-5-9/h2-3,6,9,13H,4-5,7-8H2,1H3. The number of hydrogen-bond acceptors (Lipinski definition) is 5. The van der Waals surface area contributed by atoms with Crippen molar-refractivity contribution in [3.8, 4) is 5.88 Å². The number of carbonyl (C=O) groups excluding carboxylic acids is 1. The molecule has 1 saturated heterocycles. The second-order valence-corrected chi connectivity index (χ2v) is 3.91. The van der Waals surface area contributed by atoms with Crippen molar-refractivity contribution in [3.63, 3.8) is 0 Å². The van der Waals surface area contributed by atoms with Crippen LogP contribution in [0.15, 0.2) is 18.3 Å². The van der Waals surface area contributed by atoms with E-state index in [-0.39, 0.29) is 6.10 Å². The summed E-state index contributed by atoms with van der Waals surface area (Å²) in [5.41, 5.74) is 0.383. The van der Waals surface area contributed by atoms with E-state index in [1.807, 2.05) is 0 Å². The number of pyridine rings is 1. The third kappa shape index (κ3) is 2.94. The van der Waals surface area contributed by atoms with Crippen molar-refractivity contribution in [2.24, 2.45) is 0 Å². The van der Waals surface area contributed by atoms with Crippen molar-refractivity contribution >= 4 is 5.97 Å². The first-order valence-electron chi connectivity index (χ1n) is 5.72. The highest BCUT2D eigenvalue weighted by Gasteiger charge is 2.19. The number of piperidine rings is 1. The van der Waals surface area contributed by atoms with Crippen LogP contribution >= 0.6 is 0 Å². The first-order valence-corrected chi connectivity index (χ1v) is 5.72. The maximum atomic E-state index is 11.5. The lowest BCUT2D eigenvalue weighted by molar-refractivity contribution is 0.0589. The van der Waals surface area contributed by atoms with Crippen LogP contribution in [0.3, 0.4) is 0 Å². The summed E-state index contributed by atoms with van der Waals surface area (Å²) in [6.45, 7) is 1.87. The number of rotatable bonds is 3. The molecule has 2 rings (SSSR count). The van der Waals surface area contributed by atoms with Gasteiger partial charge >= 0.3 is 5.97 Å². The number of esters is 1. The Balaban J connectivity index is 2.11. The van der Waals surface area contributed by atoms with E-state index < -0.39 is 5.97 Å². The predicted octanol–water partition coefficient (Wildman–Crippen LogP) is 0.999. The van der Waals surface area contributed by atoms with Gasteiger partial charge in [0.05, 0.1) is 7.11 Å². The van der Waals surface area contributed by atoms with Crippen molar-refractivity contribution in [3.05, 3.63) is 23.9 Å². The second-order valence-electron chi connectivity index (χ2n) is 3.91. The van der Waals surface area contributed by atoms with Crippen molar-refractivity contribution in [1.82, 2.24) is 10.3 Å². The van der Waals surface area contributed by atoms with Gasteiger partial charge in [0.15, 0.2) is 0 Å². The minimum atomic E-state index is -0.415. The van der Waals surface area contributed by atoms with Gasteiger partial charge in [0, 0.05) is 6.20 Å². The van der Waals surface area contributed by atoms with Crippen LogP contribution in [-0.4, -0.2) is 37.3 Å². The van der Waals surface area contributed by atoms with Gasteiger partial charge in [-0.05, 0) is 38.1 Å². The van der Waals surface area contributed by atoms with Crippen LogP contribution in [0.5, 0.6) is 5.88 Å². The third-order valence-electron chi connectivity index (χ3n) is 2.74. The van der Waals surface area contributed by atoms with Crippen molar-refractivity contribution in [2.45, 2.75) is 18.9 Å². The topological polar surface area (TPSA) is 60.5 Å². The molecule has 1 N–H and O–H groups in total. The largest absolute Gasteiger partial charge is 0.474 e. The summed E-state index contributed by atoms with van der Waals surface area (Å²) in [6, 6.07) is 3.36. The zero-order chi connectivity index (χ0) is 12.1.